The first-order valence-corrected chi connectivity index (χ1v) is 8.61. The molecule has 1 unspecified atom stereocenters. The maximum absolute atomic E-state index is 12.9. The highest BCUT2D eigenvalue weighted by molar-refractivity contribution is 7.54. The van der Waals surface area contributed by atoms with E-state index in [0.29, 0.717) is 6.54 Å². The van der Waals surface area contributed by atoms with E-state index in [9.17, 15) is 9.36 Å². The molecule has 0 radical (unpaired) electrons. The molecule has 0 saturated carbocycles. The summed E-state index contributed by atoms with van der Waals surface area (Å²) in [4.78, 5) is 13.9. The summed E-state index contributed by atoms with van der Waals surface area (Å²) in [7, 11) is -0.876. The summed E-state index contributed by atoms with van der Waals surface area (Å²) in [5.41, 5.74) is 1.04. The molecule has 7 heteroatoms. The summed E-state index contributed by atoms with van der Waals surface area (Å²) >= 11 is 0. The number of amides is 1. The molecule has 1 heterocycles. The van der Waals surface area contributed by atoms with E-state index in [1.165, 1.54) is 19.1 Å². The topological polar surface area (TPSA) is 65.1 Å². The van der Waals surface area contributed by atoms with E-state index in [-0.39, 0.29) is 0 Å². The van der Waals surface area contributed by atoms with Crippen molar-refractivity contribution in [2.75, 3.05) is 14.2 Å². The van der Waals surface area contributed by atoms with Gasteiger partial charge in [-0.25, -0.2) is 4.79 Å². The average molecular weight is 327 g/mol. The molecule has 1 atom stereocenters. The van der Waals surface area contributed by atoms with Gasteiger partial charge in [-0.1, -0.05) is 24.3 Å². The first kappa shape index (κ1) is 17.0. The molecule has 0 bridgehead atoms. The first-order valence-electron chi connectivity index (χ1n) is 7.00. The van der Waals surface area contributed by atoms with Gasteiger partial charge in [-0.2, -0.15) is 0 Å². The lowest BCUT2D eigenvalue weighted by Gasteiger charge is -2.31. The van der Waals surface area contributed by atoms with Crippen molar-refractivity contribution in [3.05, 3.63) is 35.4 Å². The molecule has 1 aromatic rings. The molecule has 0 aromatic heterocycles. The summed E-state index contributed by atoms with van der Waals surface area (Å²) in [5.74, 6) is -0.798. The van der Waals surface area contributed by atoms with Crippen molar-refractivity contribution in [3.8, 4) is 0 Å². The van der Waals surface area contributed by atoms with Crippen LogP contribution < -0.4 is 0 Å². The van der Waals surface area contributed by atoms with Crippen LogP contribution in [0.15, 0.2) is 24.3 Å². The van der Waals surface area contributed by atoms with Crippen LogP contribution in [0.2, 0.25) is 0 Å². The van der Waals surface area contributed by atoms with Crippen molar-refractivity contribution < 1.29 is 23.1 Å². The molecule has 1 aromatic carbocycles. The van der Waals surface area contributed by atoms with E-state index in [1.807, 2.05) is 24.3 Å². The van der Waals surface area contributed by atoms with Gasteiger partial charge in [0.15, 0.2) is 5.78 Å². The van der Waals surface area contributed by atoms with Crippen molar-refractivity contribution in [1.29, 1.82) is 0 Å². The Labute approximate surface area is 130 Å². The van der Waals surface area contributed by atoms with Crippen LogP contribution in [0, 0.1) is 0 Å². The molecule has 1 aliphatic rings. The van der Waals surface area contributed by atoms with Crippen LogP contribution in [0.4, 0.5) is 4.79 Å². The highest BCUT2D eigenvalue weighted by atomic mass is 31.2. The number of carbonyl (C=O) groups excluding carboxylic acids is 1. The van der Waals surface area contributed by atoms with Gasteiger partial charge in [0, 0.05) is 14.2 Å². The maximum Gasteiger partial charge on any atom is 0.411 e. The summed E-state index contributed by atoms with van der Waals surface area (Å²) in [6, 6.07) is 7.43. The van der Waals surface area contributed by atoms with Gasteiger partial charge in [0.05, 0.1) is 6.54 Å². The quantitative estimate of drug-likeness (QED) is 0.787. The molecular weight excluding hydrogens is 305 g/mol. The summed E-state index contributed by atoms with van der Waals surface area (Å²) in [6.07, 6.45) is -0.539. The second-order valence-corrected chi connectivity index (χ2v) is 8.38. The molecule has 122 valence electrons. The highest BCUT2D eigenvalue weighted by Crippen LogP contribution is 2.64. The van der Waals surface area contributed by atoms with Crippen molar-refractivity contribution in [3.63, 3.8) is 0 Å². The average Bonchev–Trinajstić information content (AvgIpc) is 2.85. The van der Waals surface area contributed by atoms with E-state index in [2.05, 4.69) is 0 Å². The summed E-state index contributed by atoms with van der Waals surface area (Å²) in [5, 5.41) is 0. The normalized spacial score (nSPS) is 18.2. The van der Waals surface area contributed by atoms with Gasteiger partial charge in [-0.15, -0.1) is 0 Å². The fourth-order valence-electron chi connectivity index (χ4n) is 2.47. The van der Waals surface area contributed by atoms with Crippen LogP contribution >= 0.6 is 7.60 Å². The van der Waals surface area contributed by atoms with Crippen LogP contribution in [0.3, 0.4) is 0 Å². The van der Waals surface area contributed by atoms with Crippen LogP contribution in [0.1, 0.15) is 37.7 Å². The monoisotopic (exact) mass is 327 g/mol. The van der Waals surface area contributed by atoms with Crippen molar-refractivity contribution in [2.45, 2.75) is 38.7 Å². The summed E-state index contributed by atoms with van der Waals surface area (Å²) < 4.78 is 28.6. The zero-order valence-corrected chi connectivity index (χ0v) is 14.4. The van der Waals surface area contributed by atoms with Gasteiger partial charge in [0.25, 0.3) is 0 Å². The number of carbonyl (C=O) groups is 1. The van der Waals surface area contributed by atoms with Crippen LogP contribution in [0.5, 0.6) is 0 Å². The SMILES string of the molecule is COP(=O)(OC)C1c2ccccc2CN1C(=O)OC(C)(C)C. The Kier molecular flexibility index (Phi) is 4.66. The number of nitrogens with zero attached hydrogens (tertiary/aromatic N) is 1. The molecule has 2 rings (SSSR count). The van der Waals surface area contributed by atoms with Crippen LogP contribution in [0.25, 0.3) is 0 Å². The van der Waals surface area contributed by atoms with E-state index >= 15 is 0 Å². The number of benzene rings is 1. The molecular formula is C15H22NO5P. The molecule has 1 amide bonds. The van der Waals surface area contributed by atoms with Crippen LogP contribution in [-0.4, -0.2) is 30.8 Å². The summed E-state index contributed by atoms with van der Waals surface area (Å²) in [6.45, 7) is 5.67. The van der Waals surface area contributed by atoms with Crippen molar-refractivity contribution in [2.24, 2.45) is 0 Å². The van der Waals surface area contributed by atoms with Gasteiger partial charge >= 0.3 is 13.7 Å². The standard InChI is InChI=1S/C15H22NO5P/c1-15(2,3)21-14(17)16-10-11-8-6-7-9-12(11)13(16)22(18,19-4)20-5/h6-9,13H,10H2,1-5H3. The van der Waals surface area contributed by atoms with Gasteiger partial charge in [0.1, 0.15) is 5.60 Å². The van der Waals surface area contributed by atoms with Gasteiger partial charge < -0.3 is 13.8 Å². The largest absolute Gasteiger partial charge is 0.444 e. The number of hydrogen-bond acceptors (Lipinski definition) is 5. The Balaban J connectivity index is 2.43. The third kappa shape index (κ3) is 3.19. The molecule has 1 aliphatic heterocycles. The van der Waals surface area contributed by atoms with Gasteiger partial charge in [-0.3, -0.25) is 9.46 Å². The number of ether oxygens (including phenoxy) is 1. The third-order valence-electron chi connectivity index (χ3n) is 3.41. The maximum atomic E-state index is 12.9. The minimum atomic E-state index is -3.51. The van der Waals surface area contributed by atoms with Crippen molar-refractivity contribution in [1.82, 2.24) is 4.90 Å². The molecule has 6 nitrogen and oxygen atoms in total. The Morgan fingerprint density at radius 2 is 1.82 bits per heavy atom. The number of fused-ring (bicyclic) bond motifs is 1. The zero-order chi connectivity index (χ0) is 16.5. The number of rotatable bonds is 3. The lowest BCUT2D eigenvalue weighted by atomic mass is 10.1. The minimum absolute atomic E-state index is 0.312. The Bertz CT molecular complexity index is 602. The lowest BCUT2D eigenvalue weighted by molar-refractivity contribution is 0.0205. The fourth-order valence-corrected chi connectivity index (χ4v) is 4.13. The number of hydrogen-bond donors (Lipinski definition) is 0. The Morgan fingerprint density at radius 3 is 2.36 bits per heavy atom. The fraction of sp³-hybridized carbons (Fsp3) is 0.533. The van der Waals surface area contributed by atoms with Gasteiger partial charge in [-0.05, 0) is 31.9 Å². The first-order chi connectivity index (χ1) is 10.2. The van der Waals surface area contributed by atoms with E-state index in [4.69, 9.17) is 13.8 Å². The predicted octanol–water partition coefficient (Wildman–Crippen LogP) is 3.92. The lowest BCUT2D eigenvalue weighted by Crippen LogP contribution is -2.36. The van der Waals surface area contributed by atoms with Crippen molar-refractivity contribution >= 4 is 13.7 Å². The van der Waals surface area contributed by atoms with Crippen LogP contribution in [-0.2, 0) is 24.9 Å². The van der Waals surface area contributed by atoms with E-state index in [0.717, 1.165) is 11.1 Å². The highest BCUT2D eigenvalue weighted by Gasteiger charge is 2.48. The Hall–Kier alpha value is -1.36. The second kappa shape index (κ2) is 6.03. The molecule has 22 heavy (non-hydrogen) atoms. The predicted molar refractivity (Wildman–Crippen MR) is 82.6 cm³/mol. The van der Waals surface area contributed by atoms with Gasteiger partial charge in [0.2, 0.25) is 0 Å². The zero-order valence-electron chi connectivity index (χ0n) is 13.5. The molecule has 0 saturated heterocycles. The molecule has 0 N–H and O–H groups in total. The molecule has 0 spiro atoms. The smallest absolute Gasteiger partial charge is 0.411 e. The second-order valence-electron chi connectivity index (χ2n) is 6.09. The third-order valence-corrected chi connectivity index (χ3v) is 5.58. The molecule has 0 aliphatic carbocycles. The Morgan fingerprint density at radius 1 is 1.23 bits per heavy atom. The van der Waals surface area contributed by atoms with E-state index in [1.54, 1.807) is 20.8 Å². The molecule has 0 fully saturated rings. The minimum Gasteiger partial charge on any atom is -0.444 e. The van der Waals surface area contributed by atoms with E-state index < -0.39 is 25.1 Å².